The second-order valence-corrected chi connectivity index (χ2v) is 15.6. The van der Waals surface area contributed by atoms with Crippen molar-refractivity contribution >= 4 is 68.1 Å². The molecule has 3 fully saturated rings. The fraction of sp³-hybridized carbons (Fsp3) is 0.294. The quantitative estimate of drug-likeness (QED) is 0.207. The number of H-pyrrole nitrogens is 1. The highest BCUT2D eigenvalue weighted by Gasteiger charge is 2.69. The predicted octanol–water partition coefficient (Wildman–Crippen LogP) is 6.91. The van der Waals surface area contributed by atoms with E-state index >= 15 is 0 Å². The molecular weight excluding hydrogens is 731 g/mol. The van der Waals surface area contributed by atoms with Crippen LogP contribution in [-0.2, 0) is 20.6 Å². The lowest BCUT2D eigenvalue weighted by Gasteiger charge is -2.43. The van der Waals surface area contributed by atoms with E-state index in [4.69, 9.17) is 4.74 Å². The number of carbonyl (C=O) groups is 3. The summed E-state index contributed by atoms with van der Waals surface area (Å²) in [5, 5.41) is 3.22. The van der Waals surface area contributed by atoms with E-state index in [2.05, 4.69) is 26.2 Å². The van der Waals surface area contributed by atoms with Gasteiger partial charge in [0.15, 0.2) is 6.61 Å². The number of thiazole rings is 1. The molecule has 0 radical (unpaired) electrons. The number of aromatic amines is 1. The van der Waals surface area contributed by atoms with Crippen LogP contribution >= 0.6 is 39.0 Å². The minimum absolute atomic E-state index is 0.000969. The van der Waals surface area contributed by atoms with Crippen molar-refractivity contribution in [2.24, 2.45) is 29.6 Å². The lowest BCUT2D eigenvalue weighted by Crippen LogP contribution is -2.42. The minimum Gasteiger partial charge on any atom is -0.484 e. The maximum absolute atomic E-state index is 14.0. The van der Waals surface area contributed by atoms with Crippen LogP contribution in [0.3, 0.4) is 0 Å². The number of fused-ring (bicyclic) bond motifs is 9. The van der Waals surface area contributed by atoms with Crippen molar-refractivity contribution in [3.8, 4) is 5.75 Å². The number of hydrogen-bond donors (Lipinski definition) is 2. The Bertz CT molecular complexity index is 2030. The highest BCUT2D eigenvalue weighted by atomic mass is 79.9. The molecule has 7 atom stereocenters. The Morgan fingerprint density at radius 2 is 1.71 bits per heavy atom. The van der Waals surface area contributed by atoms with Crippen LogP contribution in [0.1, 0.15) is 28.3 Å². The molecule has 48 heavy (non-hydrogen) atoms. The first-order valence-electron chi connectivity index (χ1n) is 15.2. The number of anilines is 2. The summed E-state index contributed by atoms with van der Waals surface area (Å²) in [6, 6.07) is 18.7. The molecule has 8 rings (SSSR count). The van der Waals surface area contributed by atoms with E-state index in [1.807, 2.05) is 24.3 Å². The maximum Gasteiger partial charge on any atom is 0.416 e. The average Bonchev–Trinajstić information content (AvgIpc) is 3.79. The molecule has 4 aromatic rings. The van der Waals surface area contributed by atoms with E-state index in [-0.39, 0.29) is 51.3 Å². The van der Waals surface area contributed by atoms with Crippen molar-refractivity contribution in [1.82, 2.24) is 4.98 Å². The zero-order valence-corrected chi connectivity index (χ0v) is 27.9. The van der Waals surface area contributed by atoms with E-state index in [0.717, 1.165) is 49.8 Å². The number of hydrogen-bond acceptors (Lipinski definition) is 7. The number of nitrogens with one attached hydrogen (secondary N) is 2. The fourth-order valence-electron chi connectivity index (χ4n) is 8.15. The third-order valence-corrected chi connectivity index (χ3v) is 13.0. The molecule has 3 aromatic carbocycles. The third-order valence-electron chi connectivity index (χ3n) is 9.87. The van der Waals surface area contributed by atoms with Gasteiger partial charge in [-0.25, -0.2) is 0 Å². The Morgan fingerprint density at radius 1 is 0.979 bits per heavy atom. The molecule has 2 N–H and O–H groups in total. The van der Waals surface area contributed by atoms with Gasteiger partial charge in [-0.15, -0.1) is 11.8 Å². The van der Waals surface area contributed by atoms with Crippen LogP contribution in [-0.4, -0.2) is 34.6 Å². The van der Waals surface area contributed by atoms with Crippen LogP contribution < -0.4 is 19.8 Å². The first-order chi connectivity index (χ1) is 23.0. The van der Waals surface area contributed by atoms with E-state index in [9.17, 15) is 32.3 Å². The molecule has 2 aliphatic carbocycles. The maximum atomic E-state index is 14.0. The summed E-state index contributed by atoms with van der Waals surface area (Å²) >= 11 is 6.15. The van der Waals surface area contributed by atoms with Crippen molar-refractivity contribution in [1.29, 1.82) is 0 Å². The van der Waals surface area contributed by atoms with Crippen molar-refractivity contribution in [2.45, 2.75) is 28.8 Å². The van der Waals surface area contributed by atoms with Crippen LogP contribution in [0.5, 0.6) is 5.75 Å². The molecule has 3 amide bonds. The number of alkyl halides is 3. The Hall–Kier alpha value is -3.88. The molecule has 4 aliphatic rings. The number of nitrogens with zero attached hydrogens (tertiary/aromatic N) is 1. The number of benzene rings is 3. The zero-order chi connectivity index (χ0) is 33.5. The van der Waals surface area contributed by atoms with E-state index in [1.165, 1.54) is 17.0 Å². The Balaban J connectivity index is 1.06. The number of thioether (sulfide) groups is 1. The highest BCUT2D eigenvalue weighted by Crippen LogP contribution is 2.68. The number of rotatable bonds is 6. The van der Waals surface area contributed by atoms with Crippen LogP contribution in [0.25, 0.3) is 0 Å². The normalized spacial score (nSPS) is 27.1. The van der Waals surface area contributed by atoms with Crippen molar-refractivity contribution < 1.29 is 32.3 Å². The fourth-order valence-corrected chi connectivity index (χ4v) is 11.3. The largest absolute Gasteiger partial charge is 0.484 e. The highest BCUT2D eigenvalue weighted by molar-refractivity contribution is 9.10. The lowest BCUT2D eigenvalue weighted by molar-refractivity contribution is -0.137. The number of imide groups is 1. The summed E-state index contributed by atoms with van der Waals surface area (Å²) in [6.07, 6.45) is -3.80. The molecule has 8 nitrogen and oxygen atoms in total. The van der Waals surface area contributed by atoms with Gasteiger partial charge in [-0.2, -0.15) is 13.2 Å². The van der Waals surface area contributed by atoms with Crippen LogP contribution in [0.2, 0.25) is 0 Å². The number of carbonyl (C=O) groups excluding carboxylic acids is 3. The van der Waals surface area contributed by atoms with Crippen molar-refractivity contribution in [3.05, 3.63) is 103 Å². The molecule has 2 aliphatic heterocycles. The van der Waals surface area contributed by atoms with Gasteiger partial charge in [-0.05, 0) is 84.3 Å². The molecule has 14 heteroatoms. The van der Waals surface area contributed by atoms with E-state index in [0.29, 0.717) is 11.4 Å². The van der Waals surface area contributed by atoms with Gasteiger partial charge in [0.05, 0.1) is 28.1 Å². The average molecular weight is 757 g/mol. The summed E-state index contributed by atoms with van der Waals surface area (Å²) in [5.41, 5.74) is 0.532. The predicted molar refractivity (Wildman–Crippen MR) is 177 cm³/mol. The van der Waals surface area contributed by atoms with Crippen LogP contribution in [0.15, 0.2) is 87.1 Å². The number of ether oxygens (including phenoxy) is 1. The molecule has 2 bridgehead atoms. The number of aromatic nitrogens is 1. The molecule has 246 valence electrons. The second kappa shape index (κ2) is 11.6. The summed E-state index contributed by atoms with van der Waals surface area (Å²) in [6.45, 7) is -0.439. The van der Waals surface area contributed by atoms with Gasteiger partial charge in [0.1, 0.15) is 5.75 Å². The molecule has 0 unspecified atom stereocenters. The first-order valence-corrected chi connectivity index (χ1v) is 17.7. The summed E-state index contributed by atoms with van der Waals surface area (Å²) in [5.74, 6) is -1.86. The molecule has 1 aromatic heterocycles. The van der Waals surface area contributed by atoms with Crippen LogP contribution in [0.4, 0.5) is 24.5 Å². The molecule has 3 heterocycles. The van der Waals surface area contributed by atoms with Gasteiger partial charge in [-0.3, -0.25) is 24.1 Å². The monoisotopic (exact) mass is 755 g/mol. The van der Waals surface area contributed by atoms with Gasteiger partial charge in [0.2, 0.25) is 11.8 Å². The molecule has 2 saturated carbocycles. The number of amides is 3. The van der Waals surface area contributed by atoms with Crippen molar-refractivity contribution in [3.63, 3.8) is 0 Å². The Labute approximate surface area is 288 Å². The zero-order valence-electron chi connectivity index (χ0n) is 24.7. The Morgan fingerprint density at radius 3 is 2.46 bits per heavy atom. The second-order valence-electron chi connectivity index (χ2n) is 12.4. The van der Waals surface area contributed by atoms with Gasteiger partial charge in [-0.1, -0.05) is 45.5 Å². The van der Waals surface area contributed by atoms with E-state index in [1.54, 1.807) is 36.0 Å². The van der Waals surface area contributed by atoms with Gasteiger partial charge in [0.25, 0.3) is 5.91 Å². The third kappa shape index (κ3) is 5.19. The van der Waals surface area contributed by atoms with Crippen LogP contribution in [0, 0.1) is 29.6 Å². The minimum atomic E-state index is -4.54. The van der Waals surface area contributed by atoms with Gasteiger partial charge in [0, 0.05) is 26.2 Å². The topological polar surface area (TPSA) is 109 Å². The summed E-state index contributed by atoms with van der Waals surface area (Å²) in [7, 11) is 0. The van der Waals surface area contributed by atoms with E-state index < -0.39 is 36.1 Å². The van der Waals surface area contributed by atoms with Crippen molar-refractivity contribution in [2.75, 3.05) is 16.8 Å². The summed E-state index contributed by atoms with van der Waals surface area (Å²) in [4.78, 5) is 58.0. The molecule has 1 saturated heterocycles. The number of halogens is 4. The standard InChI is InChI=1S/C34H25BrF3N3O5S2/c35-17-7-9-19(10-8-17)41-31(43)26-21-13-22(27(26)32(41)44)28-25(21)24(29-30(47-28)40-33(45)48-29)15-3-1-6-20(11-15)46-14-23(42)39-18-5-2-4-16(12-18)34(36,37)38/h1-12,21-22,24-28H,13-14H2,(H,39,42)(H,40,45)/t21-,22-,24+,25-,26+,27+,28-/m1/s1. The summed E-state index contributed by atoms with van der Waals surface area (Å²) < 4.78 is 45.9. The van der Waals surface area contributed by atoms with Gasteiger partial charge >= 0.3 is 11.0 Å². The first kappa shape index (κ1) is 31.4. The smallest absolute Gasteiger partial charge is 0.416 e. The SMILES string of the molecule is O=C(COc1cccc([C@@H]2c3sc(=O)[nH]c3S[C@@H]3[C@@H]4C[C@@H]([C@@H]5C(=O)N(c6ccc(Br)cc6)C(=O)[C@@H]45)[C@H]23)c1)Nc1cccc(C(F)(F)F)c1. The Kier molecular flexibility index (Phi) is 7.60. The van der Waals surface area contributed by atoms with Gasteiger partial charge < -0.3 is 15.0 Å². The molecular formula is C34H25BrF3N3O5S2. The lowest BCUT2D eigenvalue weighted by atomic mass is 9.68. The molecule has 0 spiro atoms.